The normalized spacial score (nSPS) is 12.4. The van der Waals surface area contributed by atoms with E-state index in [-0.39, 0.29) is 6.04 Å². The lowest BCUT2D eigenvalue weighted by Gasteiger charge is -2.16. The van der Waals surface area contributed by atoms with Crippen LogP contribution in [0.2, 0.25) is 0 Å². The Morgan fingerprint density at radius 1 is 1.35 bits per heavy atom. The highest BCUT2D eigenvalue weighted by molar-refractivity contribution is 5.51. The zero-order valence-corrected chi connectivity index (χ0v) is 10.1. The SMILES string of the molecule is CCC(Nc1ccc(C)c(O)c1)c1ccco1. The molecule has 17 heavy (non-hydrogen) atoms. The molecule has 0 saturated carbocycles. The summed E-state index contributed by atoms with van der Waals surface area (Å²) >= 11 is 0. The fourth-order valence-corrected chi connectivity index (χ4v) is 1.76. The Morgan fingerprint density at radius 2 is 2.18 bits per heavy atom. The number of furan rings is 1. The number of aryl methyl sites for hydroxylation is 1. The van der Waals surface area contributed by atoms with Crippen molar-refractivity contribution < 1.29 is 9.52 Å². The van der Waals surface area contributed by atoms with E-state index in [9.17, 15) is 5.11 Å². The lowest BCUT2D eigenvalue weighted by molar-refractivity contribution is 0.468. The first-order valence-electron chi connectivity index (χ1n) is 5.80. The van der Waals surface area contributed by atoms with Crippen LogP contribution < -0.4 is 5.32 Å². The average molecular weight is 231 g/mol. The van der Waals surface area contributed by atoms with E-state index < -0.39 is 0 Å². The number of hydrogen-bond donors (Lipinski definition) is 2. The first-order valence-corrected chi connectivity index (χ1v) is 5.80. The van der Waals surface area contributed by atoms with Gasteiger partial charge in [-0.15, -0.1) is 0 Å². The van der Waals surface area contributed by atoms with Crippen LogP contribution in [0.25, 0.3) is 0 Å². The van der Waals surface area contributed by atoms with Crippen molar-refractivity contribution in [2.45, 2.75) is 26.3 Å². The van der Waals surface area contributed by atoms with Crippen molar-refractivity contribution in [3.63, 3.8) is 0 Å². The number of phenolic OH excluding ortho intramolecular Hbond substituents is 1. The van der Waals surface area contributed by atoms with Crippen LogP contribution >= 0.6 is 0 Å². The molecule has 2 aromatic rings. The lowest BCUT2D eigenvalue weighted by Crippen LogP contribution is -2.08. The number of rotatable bonds is 4. The third kappa shape index (κ3) is 2.61. The highest BCUT2D eigenvalue weighted by atomic mass is 16.3. The van der Waals surface area contributed by atoms with Crippen molar-refractivity contribution in [2.75, 3.05) is 5.32 Å². The molecule has 90 valence electrons. The highest BCUT2D eigenvalue weighted by Crippen LogP contribution is 2.26. The first-order chi connectivity index (χ1) is 8.20. The molecule has 1 heterocycles. The van der Waals surface area contributed by atoms with Crippen LogP contribution in [0.1, 0.15) is 30.7 Å². The fraction of sp³-hybridized carbons (Fsp3) is 0.286. The molecule has 0 aliphatic rings. The van der Waals surface area contributed by atoms with Gasteiger partial charge < -0.3 is 14.8 Å². The molecular formula is C14H17NO2. The van der Waals surface area contributed by atoms with Crippen LogP contribution in [-0.2, 0) is 0 Å². The van der Waals surface area contributed by atoms with Gasteiger partial charge in [0, 0.05) is 11.8 Å². The Balaban J connectivity index is 2.16. The Hall–Kier alpha value is -1.90. The van der Waals surface area contributed by atoms with E-state index in [1.807, 2.05) is 31.2 Å². The molecule has 0 bridgehead atoms. The quantitative estimate of drug-likeness (QED) is 0.839. The summed E-state index contributed by atoms with van der Waals surface area (Å²) in [5.74, 6) is 1.22. The number of nitrogens with one attached hydrogen (secondary N) is 1. The van der Waals surface area contributed by atoms with Gasteiger partial charge in [0.1, 0.15) is 11.5 Å². The predicted molar refractivity (Wildman–Crippen MR) is 68.2 cm³/mol. The summed E-state index contributed by atoms with van der Waals surface area (Å²) in [4.78, 5) is 0. The van der Waals surface area contributed by atoms with Gasteiger partial charge in [0.05, 0.1) is 12.3 Å². The minimum Gasteiger partial charge on any atom is -0.508 e. The van der Waals surface area contributed by atoms with Gasteiger partial charge in [-0.2, -0.15) is 0 Å². The van der Waals surface area contributed by atoms with Crippen molar-refractivity contribution >= 4 is 5.69 Å². The minimum absolute atomic E-state index is 0.132. The number of aromatic hydroxyl groups is 1. The molecule has 2 N–H and O–H groups in total. The second kappa shape index (κ2) is 4.95. The topological polar surface area (TPSA) is 45.4 Å². The smallest absolute Gasteiger partial charge is 0.125 e. The molecule has 0 aliphatic heterocycles. The van der Waals surface area contributed by atoms with E-state index in [0.29, 0.717) is 5.75 Å². The zero-order valence-electron chi connectivity index (χ0n) is 10.1. The number of phenols is 1. The summed E-state index contributed by atoms with van der Waals surface area (Å²) in [5.41, 5.74) is 1.78. The minimum atomic E-state index is 0.132. The molecule has 1 aromatic carbocycles. The van der Waals surface area contributed by atoms with E-state index in [4.69, 9.17) is 4.42 Å². The van der Waals surface area contributed by atoms with Crippen LogP contribution in [-0.4, -0.2) is 5.11 Å². The summed E-state index contributed by atoms with van der Waals surface area (Å²) in [6, 6.07) is 9.56. The first kappa shape index (κ1) is 11.6. The van der Waals surface area contributed by atoms with E-state index in [1.54, 1.807) is 12.3 Å². The molecule has 3 nitrogen and oxygen atoms in total. The molecule has 2 rings (SSSR count). The van der Waals surface area contributed by atoms with Gasteiger partial charge in [-0.05, 0) is 37.1 Å². The number of benzene rings is 1. The standard InChI is InChI=1S/C14H17NO2/c1-3-12(14-5-4-8-17-14)15-11-7-6-10(2)13(16)9-11/h4-9,12,15-16H,3H2,1-2H3. The Kier molecular flexibility index (Phi) is 3.38. The number of hydrogen-bond acceptors (Lipinski definition) is 3. The second-order valence-electron chi connectivity index (χ2n) is 4.12. The Morgan fingerprint density at radius 3 is 2.76 bits per heavy atom. The molecule has 1 aromatic heterocycles. The lowest BCUT2D eigenvalue weighted by atomic mass is 10.1. The van der Waals surface area contributed by atoms with Crippen LogP contribution in [0.15, 0.2) is 41.0 Å². The molecule has 0 radical (unpaired) electrons. The van der Waals surface area contributed by atoms with Gasteiger partial charge in [0.25, 0.3) is 0 Å². The highest BCUT2D eigenvalue weighted by Gasteiger charge is 2.12. The molecule has 1 unspecified atom stereocenters. The van der Waals surface area contributed by atoms with Crippen LogP contribution in [0.3, 0.4) is 0 Å². The van der Waals surface area contributed by atoms with Gasteiger partial charge in [-0.1, -0.05) is 13.0 Å². The maximum Gasteiger partial charge on any atom is 0.125 e. The molecule has 1 atom stereocenters. The summed E-state index contributed by atoms with van der Waals surface area (Å²) in [6.45, 7) is 3.97. The Labute approximate surface area is 101 Å². The maximum absolute atomic E-state index is 9.65. The largest absolute Gasteiger partial charge is 0.508 e. The third-order valence-electron chi connectivity index (χ3n) is 2.84. The zero-order chi connectivity index (χ0) is 12.3. The molecule has 0 fully saturated rings. The summed E-state index contributed by atoms with van der Waals surface area (Å²) in [5, 5.41) is 13.0. The van der Waals surface area contributed by atoms with Crippen molar-refractivity contribution in [2.24, 2.45) is 0 Å². The van der Waals surface area contributed by atoms with Crippen LogP contribution in [0.4, 0.5) is 5.69 Å². The molecular weight excluding hydrogens is 214 g/mol. The van der Waals surface area contributed by atoms with E-state index in [2.05, 4.69) is 12.2 Å². The number of anilines is 1. The van der Waals surface area contributed by atoms with Crippen LogP contribution in [0.5, 0.6) is 5.75 Å². The van der Waals surface area contributed by atoms with Gasteiger partial charge in [0.15, 0.2) is 0 Å². The molecule has 0 aliphatic carbocycles. The van der Waals surface area contributed by atoms with E-state index in [0.717, 1.165) is 23.4 Å². The monoisotopic (exact) mass is 231 g/mol. The predicted octanol–water partition coefficient (Wildman–Crippen LogP) is 3.86. The van der Waals surface area contributed by atoms with Crippen molar-refractivity contribution in [1.29, 1.82) is 0 Å². The molecule has 3 heteroatoms. The second-order valence-corrected chi connectivity index (χ2v) is 4.12. The Bertz CT molecular complexity index is 477. The summed E-state index contributed by atoms with van der Waals surface area (Å²) in [7, 11) is 0. The van der Waals surface area contributed by atoms with Crippen molar-refractivity contribution in [1.82, 2.24) is 0 Å². The third-order valence-corrected chi connectivity index (χ3v) is 2.84. The van der Waals surface area contributed by atoms with Crippen LogP contribution in [0, 0.1) is 6.92 Å². The average Bonchev–Trinajstić information content (AvgIpc) is 2.84. The van der Waals surface area contributed by atoms with E-state index >= 15 is 0 Å². The maximum atomic E-state index is 9.65. The molecule has 0 amide bonds. The van der Waals surface area contributed by atoms with Gasteiger partial charge in [-0.25, -0.2) is 0 Å². The van der Waals surface area contributed by atoms with Gasteiger partial charge in [0.2, 0.25) is 0 Å². The summed E-state index contributed by atoms with van der Waals surface area (Å²) in [6.07, 6.45) is 2.59. The van der Waals surface area contributed by atoms with Crippen molar-refractivity contribution in [3.8, 4) is 5.75 Å². The van der Waals surface area contributed by atoms with Crippen molar-refractivity contribution in [3.05, 3.63) is 47.9 Å². The van der Waals surface area contributed by atoms with Gasteiger partial charge in [-0.3, -0.25) is 0 Å². The van der Waals surface area contributed by atoms with E-state index in [1.165, 1.54) is 0 Å². The summed E-state index contributed by atoms with van der Waals surface area (Å²) < 4.78 is 5.39. The molecule has 0 saturated heterocycles. The fourth-order valence-electron chi connectivity index (χ4n) is 1.76. The van der Waals surface area contributed by atoms with Gasteiger partial charge >= 0.3 is 0 Å². The molecule has 0 spiro atoms.